The maximum Gasteiger partial charge on any atom is 0.183 e. The molecule has 30 heavy (non-hydrogen) atoms. The first-order valence-electron chi connectivity index (χ1n) is 11.0. The van der Waals surface area contributed by atoms with Gasteiger partial charge in [-0.2, -0.15) is 0 Å². The van der Waals surface area contributed by atoms with E-state index >= 15 is 0 Å². The van der Waals surface area contributed by atoms with E-state index in [9.17, 15) is 8.78 Å². The van der Waals surface area contributed by atoms with Crippen molar-refractivity contribution in [3.8, 4) is 11.1 Å². The van der Waals surface area contributed by atoms with E-state index in [0.717, 1.165) is 42.7 Å². The van der Waals surface area contributed by atoms with Gasteiger partial charge in [0.15, 0.2) is 17.9 Å². The van der Waals surface area contributed by atoms with Crippen LogP contribution >= 0.6 is 0 Å². The van der Waals surface area contributed by atoms with Crippen LogP contribution < -0.4 is 0 Å². The fourth-order valence-electron chi connectivity index (χ4n) is 4.79. The lowest BCUT2D eigenvalue weighted by molar-refractivity contribution is -0.214. The highest BCUT2D eigenvalue weighted by molar-refractivity contribution is 5.63. The lowest BCUT2D eigenvalue weighted by Gasteiger charge is -2.37. The zero-order valence-electron chi connectivity index (χ0n) is 17.4. The van der Waals surface area contributed by atoms with E-state index in [-0.39, 0.29) is 6.29 Å². The predicted molar refractivity (Wildman–Crippen MR) is 115 cm³/mol. The Kier molecular flexibility index (Phi) is 6.96. The van der Waals surface area contributed by atoms with Gasteiger partial charge in [-0.15, -0.1) is 6.58 Å². The molecule has 1 aliphatic carbocycles. The summed E-state index contributed by atoms with van der Waals surface area (Å²) >= 11 is 0. The molecule has 2 aliphatic rings. The fourth-order valence-corrected chi connectivity index (χ4v) is 4.79. The molecule has 1 saturated carbocycles. The molecule has 2 aromatic rings. The topological polar surface area (TPSA) is 18.5 Å². The molecule has 160 valence electrons. The number of benzene rings is 2. The Hall–Kier alpha value is -2.04. The van der Waals surface area contributed by atoms with E-state index < -0.39 is 11.6 Å². The largest absolute Gasteiger partial charge is 0.348 e. The maximum absolute atomic E-state index is 13.5. The average Bonchev–Trinajstić information content (AvgIpc) is 2.80. The molecule has 0 aromatic heterocycles. The number of allylic oxidation sites excluding steroid dienone is 1. The first-order valence-corrected chi connectivity index (χ1v) is 11.0. The van der Waals surface area contributed by atoms with Crippen LogP contribution in [0.5, 0.6) is 0 Å². The number of hydrogen-bond donors (Lipinski definition) is 0. The summed E-state index contributed by atoms with van der Waals surface area (Å²) in [6, 6.07) is 11.6. The van der Waals surface area contributed by atoms with Crippen LogP contribution in [-0.2, 0) is 9.47 Å². The molecule has 4 heteroatoms. The third-order valence-corrected chi connectivity index (χ3v) is 6.70. The second-order valence-corrected chi connectivity index (χ2v) is 8.66. The van der Waals surface area contributed by atoms with Gasteiger partial charge in [-0.05, 0) is 60.8 Å². The highest BCUT2D eigenvalue weighted by Crippen LogP contribution is 2.38. The molecule has 2 aromatic carbocycles. The minimum atomic E-state index is -0.837. The second kappa shape index (κ2) is 9.84. The number of halogens is 2. The summed E-state index contributed by atoms with van der Waals surface area (Å²) in [5.74, 6) is 0.353. The number of ether oxygens (including phenoxy) is 2. The molecule has 2 fully saturated rings. The van der Waals surface area contributed by atoms with Crippen molar-refractivity contribution in [1.82, 2.24) is 0 Å². The van der Waals surface area contributed by atoms with Crippen LogP contribution in [0.4, 0.5) is 8.78 Å². The molecule has 1 aliphatic heterocycles. The molecule has 0 unspecified atom stereocenters. The van der Waals surface area contributed by atoms with Gasteiger partial charge in [0.05, 0.1) is 13.2 Å². The van der Waals surface area contributed by atoms with Gasteiger partial charge in [-0.1, -0.05) is 49.2 Å². The van der Waals surface area contributed by atoms with E-state index in [1.807, 2.05) is 30.3 Å². The van der Waals surface area contributed by atoms with Gasteiger partial charge >= 0.3 is 0 Å². The lowest BCUT2D eigenvalue weighted by atomic mass is 9.75. The molecular weight excluding hydrogens is 382 g/mol. The monoisotopic (exact) mass is 412 g/mol. The fraction of sp³-hybridized carbons (Fsp3) is 0.462. The summed E-state index contributed by atoms with van der Waals surface area (Å²) in [5, 5.41) is 0. The third-order valence-electron chi connectivity index (χ3n) is 6.70. The van der Waals surface area contributed by atoms with E-state index in [1.54, 1.807) is 6.07 Å². The summed E-state index contributed by atoms with van der Waals surface area (Å²) in [7, 11) is 0. The van der Waals surface area contributed by atoms with E-state index in [4.69, 9.17) is 9.47 Å². The van der Waals surface area contributed by atoms with Crippen LogP contribution in [0, 0.1) is 29.4 Å². The van der Waals surface area contributed by atoms with Gasteiger partial charge in [0.2, 0.25) is 0 Å². The van der Waals surface area contributed by atoms with Crippen LogP contribution in [0.25, 0.3) is 11.1 Å². The number of hydrogen-bond acceptors (Lipinski definition) is 2. The summed E-state index contributed by atoms with van der Waals surface area (Å²) in [6.07, 6.45) is 9.23. The third kappa shape index (κ3) is 4.98. The van der Waals surface area contributed by atoms with Gasteiger partial charge in [-0.25, -0.2) is 8.78 Å². The predicted octanol–water partition coefficient (Wildman–Crippen LogP) is 7.07. The zero-order valence-corrected chi connectivity index (χ0v) is 17.4. The first kappa shape index (κ1) is 21.2. The molecule has 4 rings (SSSR count). The average molecular weight is 413 g/mol. The molecule has 0 atom stereocenters. The first-order chi connectivity index (χ1) is 14.6. The molecule has 0 spiro atoms. The Morgan fingerprint density at radius 3 is 2.13 bits per heavy atom. The Morgan fingerprint density at radius 2 is 1.50 bits per heavy atom. The summed E-state index contributed by atoms with van der Waals surface area (Å²) in [6.45, 7) is 5.30. The smallest absolute Gasteiger partial charge is 0.183 e. The van der Waals surface area contributed by atoms with Crippen molar-refractivity contribution >= 4 is 0 Å². The quantitative estimate of drug-likeness (QED) is 0.473. The Labute approximate surface area is 177 Å². The van der Waals surface area contributed by atoms with Gasteiger partial charge in [-0.3, -0.25) is 0 Å². The van der Waals surface area contributed by atoms with Crippen molar-refractivity contribution in [2.75, 3.05) is 13.2 Å². The zero-order chi connectivity index (χ0) is 20.9. The van der Waals surface area contributed by atoms with Crippen LogP contribution in [0.1, 0.15) is 50.4 Å². The van der Waals surface area contributed by atoms with Crippen molar-refractivity contribution in [2.45, 2.75) is 44.8 Å². The molecule has 0 amide bonds. The van der Waals surface area contributed by atoms with Crippen LogP contribution in [-0.4, -0.2) is 13.2 Å². The van der Waals surface area contributed by atoms with Gasteiger partial charge in [0.25, 0.3) is 0 Å². The van der Waals surface area contributed by atoms with E-state index in [1.165, 1.54) is 38.2 Å². The van der Waals surface area contributed by atoms with Crippen molar-refractivity contribution < 1.29 is 18.3 Å². The highest BCUT2D eigenvalue weighted by atomic mass is 19.2. The summed E-state index contributed by atoms with van der Waals surface area (Å²) in [5.41, 5.74) is 2.43. The van der Waals surface area contributed by atoms with Gasteiger partial charge < -0.3 is 9.47 Å². The van der Waals surface area contributed by atoms with Gasteiger partial charge in [0, 0.05) is 11.5 Å². The van der Waals surface area contributed by atoms with Crippen molar-refractivity contribution in [1.29, 1.82) is 0 Å². The number of rotatable bonds is 6. The second-order valence-electron chi connectivity index (χ2n) is 8.66. The molecule has 1 saturated heterocycles. The van der Waals surface area contributed by atoms with Crippen LogP contribution in [0.15, 0.2) is 55.1 Å². The molecule has 0 radical (unpaired) electrons. The minimum Gasteiger partial charge on any atom is -0.348 e. The maximum atomic E-state index is 13.5. The SMILES string of the molecule is C=CCC[C@H]1CC[C@H](C2COC(c3ccc(-c4ccc(F)c(F)c4)cc3)OC2)CC1. The van der Waals surface area contributed by atoms with Gasteiger partial charge in [0.1, 0.15) is 0 Å². The van der Waals surface area contributed by atoms with Crippen molar-refractivity contribution in [2.24, 2.45) is 17.8 Å². The normalized spacial score (nSPS) is 27.0. The highest BCUT2D eigenvalue weighted by Gasteiger charge is 2.32. The molecular formula is C26H30F2O2. The Bertz CT molecular complexity index is 833. The lowest BCUT2D eigenvalue weighted by Crippen LogP contribution is -2.34. The summed E-state index contributed by atoms with van der Waals surface area (Å²) < 4.78 is 38.7. The van der Waals surface area contributed by atoms with Crippen molar-refractivity contribution in [3.63, 3.8) is 0 Å². The standard InChI is InChI=1S/C26H30F2O2/c1-2-3-4-18-5-7-20(8-6-18)23-16-29-26(30-17-23)21-11-9-19(10-12-21)22-13-14-24(27)25(28)15-22/h2,9-15,18,20,23,26H,1,3-8,16-17H2/t18-,20-,23?,26?. The Morgan fingerprint density at radius 1 is 0.833 bits per heavy atom. The van der Waals surface area contributed by atoms with Crippen LogP contribution in [0.2, 0.25) is 0 Å². The van der Waals surface area contributed by atoms with Crippen LogP contribution in [0.3, 0.4) is 0 Å². The van der Waals surface area contributed by atoms with E-state index in [0.29, 0.717) is 17.4 Å². The van der Waals surface area contributed by atoms with E-state index in [2.05, 4.69) is 6.58 Å². The minimum absolute atomic E-state index is 0.357. The molecule has 0 bridgehead atoms. The molecule has 1 heterocycles. The van der Waals surface area contributed by atoms with Crippen molar-refractivity contribution in [3.05, 3.63) is 72.3 Å². The Balaban J connectivity index is 1.29. The summed E-state index contributed by atoms with van der Waals surface area (Å²) in [4.78, 5) is 0. The molecule has 2 nitrogen and oxygen atoms in total. The molecule has 0 N–H and O–H groups in total.